The molecule has 0 spiro atoms. The Bertz CT molecular complexity index is 325. The van der Waals surface area contributed by atoms with Crippen LogP contribution in [0.5, 0.6) is 0 Å². The van der Waals surface area contributed by atoms with Crippen molar-refractivity contribution >= 4 is 23.8 Å². The zero-order chi connectivity index (χ0) is 13.0. The maximum absolute atomic E-state index is 11.8. The molecule has 2 amide bonds. The van der Waals surface area contributed by atoms with Crippen LogP contribution >= 0.6 is 11.8 Å². The molecule has 0 bridgehead atoms. The molecule has 2 aliphatic rings. The SMILES string of the molecule is O=C(O)CC1(NC(=O)NCC2CCCS2)CCC1. The van der Waals surface area contributed by atoms with Gasteiger partial charge in [-0.15, -0.1) is 0 Å². The molecule has 5 nitrogen and oxygen atoms in total. The van der Waals surface area contributed by atoms with E-state index in [4.69, 9.17) is 5.11 Å². The van der Waals surface area contributed by atoms with Gasteiger partial charge in [0, 0.05) is 11.8 Å². The quantitative estimate of drug-likeness (QED) is 0.710. The number of hydrogen-bond acceptors (Lipinski definition) is 3. The van der Waals surface area contributed by atoms with E-state index in [-0.39, 0.29) is 12.5 Å². The Kier molecular flexibility index (Phi) is 4.37. The third-order valence-electron chi connectivity index (χ3n) is 3.69. The fraction of sp³-hybridized carbons (Fsp3) is 0.833. The molecule has 18 heavy (non-hydrogen) atoms. The van der Waals surface area contributed by atoms with Crippen molar-refractivity contribution in [3.8, 4) is 0 Å². The predicted molar refractivity (Wildman–Crippen MR) is 70.8 cm³/mol. The Hall–Kier alpha value is -0.910. The third kappa shape index (κ3) is 3.54. The summed E-state index contributed by atoms with van der Waals surface area (Å²) >= 11 is 1.90. The van der Waals surface area contributed by atoms with Crippen LogP contribution in [0.3, 0.4) is 0 Å². The van der Waals surface area contributed by atoms with Crippen molar-refractivity contribution in [2.45, 2.75) is 49.3 Å². The highest BCUT2D eigenvalue weighted by atomic mass is 32.2. The molecule has 6 heteroatoms. The van der Waals surface area contributed by atoms with Gasteiger partial charge in [-0.3, -0.25) is 4.79 Å². The lowest BCUT2D eigenvalue weighted by atomic mass is 9.74. The molecule has 1 unspecified atom stereocenters. The molecule has 1 saturated carbocycles. The Morgan fingerprint density at radius 2 is 2.11 bits per heavy atom. The normalized spacial score (nSPS) is 25.2. The lowest BCUT2D eigenvalue weighted by Gasteiger charge is -2.41. The molecule has 3 N–H and O–H groups in total. The first-order chi connectivity index (χ1) is 8.60. The van der Waals surface area contributed by atoms with Gasteiger partial charge in [0.05, 0.1) is 12.0 Å². The van der Waals surface area contributed by atoms with Gasteiger partial charge in [-0.25, -0.2) is 4.79 Å². The second kappa shape index (κ2) is 5.82. The van der Waals surface area contributed by atoms with E-state index >= 15 is 0 Å². The van der Waals surface area contributed by atoms with Crippen molar-refractivity contribution in [1.29, 1.82) is 0 Å². The summed E-state index contributed by atoms with van der Waals surface area (Å²) < 4.78 is 0. The molecule has 102 valence electrons. The highest BCUT2D eigenvalue weighted by Crippen LogP contribution is 2.34. The maximum atomic E-state index is 11.8. The van der Waals surface area contributed by atoms with E-state index < -0.39 is 11.5 Å². The summed E-state index contributed by atoms with van der Waals surface area (Å²) in [6, 6.07) is -0.219. The summed E-state index contributed by atoms with van der Waals surface area (Å²) in [7, 11) is 0. The van der Waals surface area contributed by atoms with E-state index in [1.807, 2.05) is 11.8 Å². The van der Waals surface area contributed by atoms with E-state index in [0.29, 0.717) is 11.8 Å². The summed E-state index contributed by atoms with van der Waals surface area (Å²) in [5.41, 5.74) is -0.501. The van der Waals surface area contributed by atoms with Gasteiger partial charge in [-0.05, 0) is 37.9 Å². The molecule has 0 radical (unpaired) electrons. The first-order valence-electron chi connectivity index (χ1n) is 6.49. The fourth-order valence-corrected chi connectivity index (χ4v) is 3.74. The van der Waals surface area contributed by atoms with Crippen LogP contribution in [0.25, 0.3) is 0 Å². The second-order valence-electron chi connectivity index (χ2n) is 5.17. The molecule has 1 heterocycles. The first-order valence-corrected chi connectivity index (χ1v) is 7.54. The summed E-state index contributed by atoms with van der Waals surface area (Å²) in [5, 5.41) is 15.1. The molecule has 0 aromatic rings. The number of carbonyl (C=O) groups is 2. The number of rotatable bonds is 5. The molecule has 2 rings (SSSR count). The van der Waals surface area contributed by atoms with Crippen LogP contribution in [0.2, 0.25) is 0 Å². The fourth-order valence-electron chi connectivity index (χ4n) is 2.54. The zero-order valence-corrected chi connectivity index (χ0v) is 11.2. The van der Waals surface area contributed by atoms with Crippen molar-refractivity contribution < 1.29 is 14.7 Å². The summed E-state index contributed by atoms with van der Waals surface area (Å²) in [6.45, 7) is 0.680. The molecule has 0 aromatic heterocycles. The molecule has 1 aliphatic heterocycles. The van der Waals surface area contributed by atoms with Crippen LogP contribution in [0.15, 0.2) is 0 Å². The van der Waals surface area contributed by atoms with E-state index in [0.717, 1.165) is 25.7 Å². The van der Waals surface area contributed by atoms with Gasteiger partial charge in [0.2, 0.25) is 0 Å². The lowest BCUT2D eigenvalue weighted by Crippen LogP contribution is -2.57. The van der Waals surface area contributed by atoms with Gasteiger partial charge in [0.1, 0.15) is 0 Å². The number of hydrogen-bond donors (Lipinski definition) is 3. The molecular weight excluding hydrogens is 252 g/mol. The molecule has 1 atom stereocenters. The van der Waals surface area contributed by atoms with Crippen LogP contribution < -0.4 is 10.6 Å². The average Bonchev–Trinajstić information content (AvgIpc) is 2.75. The van der Waals surface area contributed by atoms with E-state index in [2.05, 4.69) is 10.6 Å². The number of nitrogens with one attached hydrogen (secondary N) is 2. The first kappa shape index (κ1) is 13.5. The van der Waals surface area contributed by atoms with Crippen LogP contribution in [0, 0.1) is 0 Å². The highest BCUT2D eigenvalue weighted by molar-refractivity contribution is 8.00. The smallest absolute Gasteiger partial charge is 0.315 e. The summed E-state index contributed by atoms with van der Waals surface area (Å²) in [4.78, 5) is 22.5. The topological polar surface area (TPSA) is 78.4 Å². The minimum absolute atomic E-state index is 0.0264. The van der Waals surface area contributed by atoms with Gasteiger partial charge in [-0.2, -0.15) is 11.8 Å². The summed E-state index contributed by atoms with van der Waals surface area (Å²) in [5.74, 6) is 0.332. The Morgan fingerprint density at radius 1 is 1.33 bits per heavy atom. The van der Waals surface area contributed by atoms with Crippen LogP contribution in [0.4, 0.5) is 4.79 Å². The Balaban J connectivity index is 1.73. The molecular formula is C12H20N2O3S. The number of carboxylic acids is 1. The van der Waals surface area contributed by atoms with Crippen molar-refractivity contribution in [3.63, 3.8) is 0 Å². The third-order valence-corrected chi connectivity index (χ3v) is 5.09. The van der Waals surface area contributed by atoms with Crippen LogP contribution in [-0.2, 0) is 4.79 Å². The van der Waals surface area contributed by atoms with Gasteiger partial charge in [0.25, 0.3) is 0 Å². The van der Waals surface area contributed by atoms with Crippen LogP contribution in [-0.4, -0.2) is 40.2 Å². The van der Waals surface area contributed by atoms with Gasteiger partial charge >= 0.3 is 12.0 Å². The Morgan fingerprint density at radius 3 is 2.61 bits per heavy atom. The van der Waals surface area contributed by atoms with E-state index in [1.165, 1.54) is 12.2 Å². The van der Waals surface area contributed by atoms with Gasteiger partial charge in [0.15, 0.2) is 0 Å². The molecule has 1 saturated heterocycles. The lowest BCUT2D eigenvalue weighted by molar-refractivity contribution is -0.139. The van der Waals surface area contributed by atoms with Crippen molar-refractivity contribution in [3.05, 3.63) is 0 Å². The van der Waals surface area contributed by atoms with Crippen molar-refractivity contribution in [2.75, 3.05) is 12.3 Å². The standard InChI is InChI=1S/C12H20N2O3S/c15-10(16)7-12(4-2-5-12)14-11(17)13-8-9-3-1-6-18-9/h9H,1-8H2,(H,15,16)(H2,13,14,17). The largest absolute Gasteiger partial charge is 0.481 e. The predicted octanol–water partition coefficient (Wildman–Crippen LogP) is 1.58. The summed E-state index contributed by atoms with van der Waals surface area (Å²) in [6.07, 6.45) is 4.94. The number of aliphatic carboxylic acids is 1. The number of carboxylic acid groups (broad SMARTS) is 1. The van der Waals surface area contributed by atoms with Gasteiger partial charge < -0.3 is 15.7 Å². The Labute approximate surface area is 111 Å². The number of carbonyl (C=O) groups excluding carboxylic acids is 1. The minimum Gasteiger partial charge on any atom is -0.481 e. The molecule has 2 fully saturated rings. The molecule has 1 aliphatic carbocycles. The highest BCUT2D eigenvalue weighted by Gasteiger charge is 2.40. The average molecular weight is 272 g/mol. The monoisotopic (exact) mass is 272 g/mol. The number of amides is 2. The molecule has 0 aromatic carbocycles. The maximum Gasteiger partial charge on any atom is 0.315 e. The minimum atomic E-state index is -0.846. The number of urea groups is 1. The van der Waals surface area contributed by atoms with Crippen molar-refractivity contribution in [2.24, 2.45) is 0 Å². The number of thioether (sulfide) groups is 1. The van der Waals surface area contributed by atoms with E-state index in [1.54, 1.807) is 0 Å². The second-order valence-corrected chi connectivity index (χ2v) is 6.58. The van der Waals surface area contributed by atoms with E-state index in [9.17, 15) is 9.59 Å². The zero-order valence-electron chi connectivity index (χ0n) is 10.4. The van der Waals surface area contributed by atoms with Crippen LogP contribution in [0.1, 0.15) is 38.5 Å². The van der Waals surface area contributed by atoms with Crippen molar-refractivity contribution in [1.82, 2.24) is 10.6 Å². The van der Waals surface area contributed by atoms with Gasteiger partial charge in [-0.1, -0.05) is 0 Å².